The number of hydrogen-bond donors (Lipinski definition) is 2. The summed E-state index contributed by atoms with van der Waals surface area (Å²) in [6, 6.07) is 10.9. The van der Waals surface area contributed by atoms with Crippen LogP contribution in [-0.2, 0) is 0 Å². The minimum atomic E-state index is -0.701. The van der Waals surface area contributed by atoms with E-state index in [1.807, 2.05) is 6.07 Å². The zero-order valence-corrected chi connectivity index (χ0v) is 21.6. The molecule has 0 spiro atoms. The molecule has 5 rings (SSSR count). The molecule has 2 amide bonds. The molecule has 0 radical (unpaired) electrons. The van der Waals surface area contributed by atoms with Crippen molar-refractivity contribution in [2.45, 2.75) is 6.42 Å². The number of carbonyl (C=O) groups is 2. The number of anilines is 2. The average Bonchev–Trinajstić information content (AvgIpc) is 3.51. The SMILES string of the molecule is CN(C(=O)c1c(F)cccc1Cl)c1ncc(-c2cc(C(=O)NCCO)ccc2Cl)cc1N1CC2CC2C1. The van der Waals surface area contributed by atoms with Crippen molar-refractivity contribution in [2.24, 2.45) is 11.8 Å². The average molecular weight is 543 g/mol. The van der Waals surface area contributed by atoms with Crippen LogP contribution in [-0.4, -0.2) is 55.2 Å². The maximum atomic E-state index is 14.5. The summed E-state index contributed by atoms with van der Waals surface area (Å²) in [7, 11) is 1.55. The molecule has 1 aliphatic carbocycles. The predicted molar refractivity (Wildman–Crippen MR) is 142 cm³/mol. The Kier molecular flexibility index (Phi) is 7.07. The smallest absolute Gasteiger partial charge is 0.263 e. The number of rotatable bonds is 7. The predicted octanol–water partition coefficient (Wildman–Crippen LogP) is 4.65. The summed E-state index contributed by atoms with van der Waals surface area (Å²) in [5.74, 6) is -0.0327. The summed E-state index contributed by atoms with van der Waals surface area (Å²) in [6.07, 6.45) is 2.77. The molecule has 2 fully saturated rings. The van der Waals surface area contributed by atoms with Gasteiger partial charge in [-0.2, -0.15) is 0 Å². The Labute approximate surface area is 223 Å². The van der Waals surface area contributed by atoms with Gasteiger partial charge in [-0.3, -0.25) is 14.5 Å². The molecule has 1 aliphatic heterocycles. The second-order valence-electron chi connectivity index (χ2n) is 9.36. The number of nitrogens with zero attached hydrogens (tertiary/aromatic N) is 3. The molecule has 37 heavy (non-hydrogen) atoms. The van der Waals surface area contributed by atoms with Crippen LogP contribution in [0, 0.1) is 17.7 Å². The van der Waals surface area contributed by atoms with Crippen LogP contribution < -0.4 is 15.1 Å². The van der Waals surface area contributed by atoms with Crippen molar-refractivity contribution in [1.82, 2.24) is 10.3 Å². The third-order valence-corrected chi connectivity index (χ3v) is 7.55. The Hall–Kier alpha value is -3.20. The lowest BCUT2D eigenvalue weighted by molar-refractivity contribution is 0.0943. The van der Waals surface area contributed by atoms with E-state index in [0.29, 0.717) is 39.4 Å². The third-order valence-electron chi connectivity index (χ3n) is 6.90. The Balaban J connectivity index is 1.54. The molecular weight excluding hydrogens is 518 g/mol. The van der Waals surface area contributed by atoms with Crippen molar-refractivity contribution in [3.63, 3.8) is 0 Å². The molecule has 1 aromatic heterocycles. The molecule has 0 bridgehead atoms. The monoisotopic (exact) mass is 542 g/mol. The van der Waals surface area contributed by atoms with Gasteiger partial charge in [0, 0.05) is 54.6 Å². The zero-order chi connectivity index (χ0) is 26.3. The van der Waals surface area contributed by atoms with Gasteiger partial charge in [0.2, 0.25) is 0 Å². The van der Waals surface area contributed by atoms with Crippen molar-refractivity contribution in [3.8, 4) is 11.1 Å². The van der Waals surface area contributed by atoms with E-state index in [1.54, 1.807) is 31.4 Å². The summed E-state index contributed by atoms with van der Waals surface area (Å²) < 4.78 is 14.5. The van der Waals surface area contributed by atoms with Crippen LogP contribution in [0.3, 0.4) is 0 Å². The first-order chi connectivity index (χ1) is 17.8. The molecule has 192 valence electrons. The number of aliphatic hydroxyl groups excluding tert-OH is 1. The highest BCUT2D eigenvalue weighted by Gasteiger charge is 2.46. The maximum Gasteiger partial charge on any atom is 0.263 e. The first-order valence-electron chi connectivity index (χ1n) is 11.9. The summed E-state index contributed by atoms with van der Waals surface area (Å²) in [6.45, 7) is 1.65. The molecule has 2 unspecified atom stereocenters. The van der Waals surface area contributed by atoms with Gasteiger partial charge in [-0.1, -0.05) is 29.3 Å². The number of nitrogens with one attached hydrogen (secondary N) is 1. The number of carbonyl (C=O) groups excluding carboxylic acids is 2. The van der Waals surface area contributed by atoms with Crippen LogP contribution in [0.15, 0.2) is 48.7 Å². The van der Waals surface area contributed by atoms with Gasteiger partial charge in [0.25, 0.3) is 11.8 Å². The van der Waals surface area contributed by atoms with Gasteiger partial charge in [-0.15, -0.1) is 0 Å². The first-order valence-corrected chi connectivity index (χ1v) is 12.7. The lowest BCUT2D eigenvalue weighted by Crippen LogP contribution is -2.31. The van der Waals surface area contributed by atoms with E-state index in [2.05, 4.69) is 15.2 Å². The van der Waals surface area contributed by atoms with E-state index in [0.717, 1.165) is 18.8 Å². The third kappa shape index (κ3) is 5.01. The van der Waals surface area contributed by atoms with Crippen molar-refractivity contribution < 1.29 is 19.1 Å². The standard InChI is InChI=1S/C27H25Cl2FN4O3/c1-33(27(37)24-21(29)3-2-4-22(24)30)25-23(34-13-17-9-18(17)14-34)11-16(12-32-25)19-10-15(5-6-20(19)28)26(36)31-7-8-35/h2-6,10-12,17-18,35H,7-9,13-14H2,1H3,(H,31,36). The van der Waals surface area contributed by atoms with Gasteiger partial charge in [0.05, 0.1) is 22.9 Å². The van der Waals surface area contributed by atoms with E-state index in [-0.39, 0.29) is 29.6 Å². The second-order valence-corrected chi connectivity index (χ2v) is 10.2. The van der Waals surface area contributed by atoms with Gasteiger partial charge in [-0.25, -0.2) is 9.37 Å². The van der Waals surface area contributed by atoms with Crippen LogP contribution in [0.1, 0.15) is 27.1 Å². The minimum absolute atomic E-state index is 0.0282. The number of benzene rings is 2. The van der Waals surface area contributed by atoms with Crippen LogP contribution in [0.5, 0.6) is 0 Å². The molecular formula is C27H25Cl2FN4O3. The largest absolute Gasteiger partial charge is 0.395 e. The van der Waals surface area contributed by atoms with E-state index >= 15 is 0 Å². The Morgan fingerprint density at radius 1 is 1.16 bits per heavy atom. The van der Waals surface area contributed by atoms with Crippen LogP contribution >= 0.6 is 23.2 Å². The topological polar surface area (TPSA) is 85.8 Å². The summed E-state index contributed by atoms with van der Waals surface area (Å²) in [4.78, 5) is 33.9. The van der Waals surface area contributed by atoms with E-state index in [1.165, 1.54) is 29.5 Å². The number of piperidine rings is 1. The second kappa shape index (κ2) is 10.3. The fraction of sp³-hybridized carbons (Fsp3) is 0.296. The molecule has 2 N–H and O–H groups in total. The maximum absolute atomic E-state index is 14.5. The van der Waals surface area contributed by atoms with E-state index in [4.69, 9.17) is 28.3 Å². The molecule has 2 atom stereocenters. The lowest BCUT2D eigenvalue weighted by atomic mass is 10.0. The fourth-order valence-electron chi connectivity index (χ4n) is 4.80. The van der Waals surface area contributed by atoms with Gasteiger partial charge in [0.15, 0.2) is 5.82 Å². The summed E-state index contributed by atoms with van der Waals surface area (Å²) >= 11 is 12.7. The normalized spacial score (nSPS) is 17.9. The number of aromatic nitrogens is 1. The number of fused-ring (bicyclic) bond motifs is 1. The van der Waals surface area contributed by atoms with E-state index < -0.39 is 11.7 Å². The molecule has 3 aromatic rings. The number of pyridine rings is 1. The fourth-order valence-corrected chi connectivity index (χ4v) is 5.28. The zero-order valence-electron chi connectivity index (χ0n) is 20.0. The first kappa shape index (κ1) is 25.4. The molecule has 10 heteroatoms. The van der Waals surface area contributed by atoms with Crippen LogP contribution in [0.2, 0.25) is 10.0 Å². The lowest BCUT2D eigenvalue weighted by Gasteiger charge is -2.27. The number of hydrogen-bond acceptors (Lipinski definition) is 5. The highest BCUT2D eigenvalue weighted by atomic mass is 35.5. The van der Waals surface area contributed by atoms with Gasteiger partial charge >= 0.3 is 0 Å². The van der Waals surface area contributed by atoms with Crippen LogP contribution in [0.25, 0.3) is 11.1 Å². The number of halogens is 3. The van der Waals surface area contributed by atoms with Crippen molar-refractivity contribution in [1.29, 1.82) is 0 Å². The Morgan fingerprint density at radius 3 is 2.62 bits per heavy atom. The highest BCUT2D eigenvalue weighted by molar-refractivity contribution is 6.34. The molecule has 2 aliphatic rings. The van der Waals surface area contributed by atoms with E-state index in [9.17, 15) is 14.0 Å². The molecule has 1 saturated heterocycles. The van der Waals surface area contributed by atoms with Crippen LogP contribution in [0.4, 0.5) is 15.9 Å². The Bertz CT molecular complexity index is 1360. The van der Waals surface area contributed by atoms with Crippen molar-refractivity contribution in [3.05, 3.63) is 75.7 Å². The summed E-state index contributed by atoms with van der Waals surface area (Å²) in [5.41, 5.74) is 2.18. The van der Waals surface area contributed by atoms with Gasteiger partial charge in [0.1, 0.15) is 5.82 Å². The molecule has 2 heterocycles. The quantitative estimate of drug-likeness (QED) is 0.453. The number of amides is 2. The summed E-state index contributed by atoms with van der Waals surface area (Å²) in [5, 5.41) is 12.1. The van der Waals surface area contributed by atoms with Gasteiger partial charge in [-0.05, 0) is 54.7 Å². The Morgan fingerprint density at radius 2 is 1.92 bits per heavy atom. The van der Waals surface area contributed by atoms with Crippen molar-refractivity contribution >= 4 is 46.5 Å². The molecule has 7 nitrogen and oxygen atoms in total. The van der Waals surface area contributed by atoms with Gasteiger partial charge < -0.3 is 15.3 Å². The molecule has 1 saturated carbocycles. The van der Waals surface area contributed by atoms with Crippen molar-refractivity contribution in [2.75, 3.05) is 43.1 Å². The number of aliphatic hydroxyl groups is 1. The molecule has 2 aromatic carbocycles. The highest BCUT2D eigenvalue weighted by Crippen LogP contribution is 2.48. The minimum Gasteiger partial charge on any atom is -0.395 e.